The maximum atomic E-state index is 11.0. The number of benzene rings is 3. The zero-order chi connectivity index (χ0) is 23.1. The van der Waals surface area contributed by atoms with Crippen LogP contribution in [0.4, 0.5) is 0 Å². The van der Waals surface area contributed by atoms with Crippen LogP contribution in [0.5, 0.6) is 11.5 Å². The molecule has 0 unspecified atom stereocenters. The minimum absolute atomic E-state index is 0.232. The van der Waals surface area contributed by atoms with Crippen LogP contribution in [0, 0.1) is 0 Å². The van der Waals surface area contributed by atoms with Crippen LogP contribution in [0.3, 0.4) is 0 Å². The molecule has 3 aromatic carbocycles. The number of aromatic carboxylic acids is 2. The van der Waals surface area contributed by atoms with Crippen molar-refractivity contribution in [2.45, 2.75) is 0 Å². The number of rotatable bonds is 8. The summed E-state index contributed by atoms with van der Waals surface area (Å²) in [5.41, 5.74) is 3.77. The van der Waals surface area contributed by atoms with Gasteiger partial charge in [0.25, 0.3) is 0 Å². The van der Waals surface area contributed by atoms with Gasteiger partial charge in [-0.25, -0.2) is 9.59 Å². The van der Waals surface area contributed by atoms with E-state index >= 15 is 0 Å². The Hall–Kier alpha value is -4.32. The molecule has 6 heteroatoms. The number of hydrogen-bond acceptors (Lipinski definition) is 4. The van der Waals surface area contributed by atoms with Crippen LogP contribution in [0.25, 0.3) is 24.3 Å². The Labute approximate surface area is 185 Å². The molecule has 0 fully saturated rings. The molecule has 3 aromatic rings. The van der Waals surface area contributed by atoms with Gasteiger partial charge in [-0.15, -0.1) is 0 Å². The van der Waals surface area contributed by atoms with Crippen LogP contribution in [0.15, 0.2) is 60.7 Å². The Kier molecular flexibility index (Phi) is 7.08. The van der Waals surface area contributed by atoms with Crippen LogP contribution in [0.1, 0.15) is 43.0 Å². The molecule has 0 saturated heterocycles. The Morgan fingerprint density at radius 3 is 1.25 bits per heavy atom. The van der Waals surface area contributed by atoms with Crippen molar-refractivity contribution in [2.75, 3.05) is 14.2 Å². The van der Waals surface area contributed by atoms with Gasteiger partial charge in [0.15, 0.2) is 0 Å². The first kappa shape index (κ1) is 22.4. The maximum Gasteiger partial charge on any atom is 0.335 e. The summed E-state index contributed by atoms with van der Waals surface area (Å²) in [5, 5.41) is 18.0. The van der Waals surface area contributed by atoms with Gasteiger partial charge in [-0.05, 0) is 47.5 Å². The first-order chi connectivity index (χ1) is 15.4. The Morgan fingerprint density at radius 1 is 0.625 bits per heavy atom. The minimum atomic E-state index is -0.964. The molecule has 32 heavy (non-hydrogen) atoms. The summed E-state index contributed by atoms with van der Waals surface area (Å²) in [6.07, 6.45) is 7.47. The van der Waals surface area contributed by atoms with Crippen molar-refractivity contribution in [3.05, 3.63) is 94.0 Å². The summed E-state index contributed by atoms with van der Waals surface area (Å²) in [7, 11) is 3.16. The van der Waals surface area contributed by atoms with Gasteiger partial charge in [0, 0.05) is 11.1 Å². The SMILES string of the molecule is COc1cc(C=Cc2ccc(C(=O)O)cc2)c(OC)cc1C=Cc1ccc(C(=O)O)cc1. The highest BCUT2D eigenvalue weighted by atomic mass is 16.5. The van der Waals surface area contributed by atoms with E-state index < -0.39 is 11.9 Å². The van der Waals surface area contributed by atoms with Gasteiger partial charge in [0.05, 0.1) is 25.3 Å². The second-order valence-electron chi connectivity index (χ2n) is 6.86. The lowest BCUT2D eigenvalue weighted by Gasteiger charge is -2.11. The molecular formula is C26H22O6. The summed E-state index contributed by atoms with van der Waals surface area (Å²) in [5.74, 6) is -0.642. The predicted octanol–water partition coefficient (Wildman–Crippen LogP) is 5.44. The molecule has 0 amide bonds. The second-order valence-corrected chi connectivity index (χ2v) is 6.86. The average Bonchev–Trinajstić information content (AvgIpc) is 2.81. The molecule has 0 bridgehead atoms. The average molecular weight is 430 g/mol. The summed E-state index contributed by atoms with van der Waals surface area (Å²) >= 11 is 0. The molecule has 2 N–H and O–H groups in total. The number of carbonyl (C=O) groups is 2. The Morgan fingerprint density at radius 2 is 0.969 bits per heavy atom. The fourth-order valence-corrected chi connectivity index (χ4v) is 3.05. The van der Waals surface area contributed by atoms with E-state index in [1.54, 1.807) is 62.8 Å². The number of hydrogen-bond donors (Lipinski definition) is 2. The van der Waals surface area contributed by atoms with E-state index in [2.05, 4.69) is 0 Å². The van der Waals surface area contributed by atoms with E-state index in [4.69, 9.17) is 19.7 Å². The zero-order valence-electron chi connectivity index (χ0n) is 17.6. The molecule has 162 valence electrons. The molecular weight excluding hydrogens is 408 g/mol. The first-order valence-electron chi connectivity index (χ1n) is 9.70. The number of methoxy groups -OCH3 is 2. The van der Waals surface area contributed by atoms with Crippen LogP contribution >= 0.6 is 0 Å². The van der Waals surface area contributed by atoms with Gasteiger partial charge in [-0.2, -0.15) is 0 Å². The molecule has 0 aromatic heterocycles. The van der Waals surface area contributed by atoms with Crippen molar-refractivity contribution in [1.82, 2.24) is 0 Å². The lowest BCUT2D eigenvalue weighted by Crippen LogP contribution is -1.95. The number of ether oxygens (including phenoxy) is 2. The summed E-state index contributed by atoms with van der Waals surface area (Å²) in [6.45, 7) is 0. The van der Waals surface area contributed by atoms with E-state index in [1.807, 2.05) is 36.4 Å². The third-order valence-electron chi connectivity index (χ3n) is 4.81. The predicted molar refractivity (Wildman–Crippen MR) is 124 cm³/mol. The maximum absolute atomic E-state index is 11.0. The largest absolute Gasteiger partial charge is 0.496 e. The topological polar surface area (TPSA) is 93.1 Å². The van der Waals surface area contributed by atoms with Crippen molar-refractivity contribution >= 4 is 36.2 Å². The fourth-order valence-electron chi connectivity index (χ4n) is 3.05. The van der Waals surface area contributed by atoms with Crippen LogP contribution in [-0.2, 0) is 0 Å². The molecule has 0 atom stereocenters. The highest BCUT2D eigenvalue weighted by Gasteiger charge is 2.08. The van der Waals surface area contributed by atoms with Gasteiger partial charge in [-0.1, -0.05) is 48.6 Å². The van der Waals surface area contributed by atoms with E-state index in [0.717, 1.165) is 22.3 Å². The lowest BCUT2D eigenvalue weighted by molar-refractivity contribution is 0.0686. The van der Waals surface area contributed by atoms with E-state index in [1.165, 1.54) is 0 Å². The summed E-state index contributed by atoms with van der Waals surface area (Å²) < 4.78 is 11.1. The zero-order valence-corrected chi connectivity index (χ0v) is 17.6. The van der Waals surface area contributed by atoms with Crippen LogP contribution < -0.4 is 9.47 Å². The van der Waals surface area contributed by atoms with Crippen LogP contribution in [0.2, 0.25) is 0 Å². The Bertz CT molecular complexity index is 1080. The smallest absolute Gasteiger partial charge is 0.335 e. The van der Waals surface area contributed by atoms with Crippen molar-refractivity contribution in [3.63, 3.8) is 0 Å². The molecule has 0 radical (unpaired) electrons. The van der Waals surface area contributed by atoms with Crippen molar-refractivity contribution in [3.8, 4) is 11.5 Å². The number of carboxylic acids is 2. The molecule has 0 spiro atoms. The van der Waals surface area contributed by atoms with Gasteiger partial charge < -0.3 is 19.7 Å². The van der Waals surface area contributed by atoms with Gasteiger partial charge in [-0.3, -0.25) is 0 Å². The van der Waals surface area contributed by atoms with Gasteiger partial charge >= 0.3 is 11.9 Å². The molecule has 0 aliphatic heterocycles. The minimum Gasteiger partial charge on any atom is -0.496 e. The summed E-state index contributed by atoms with van der Waals surface area (Å²) in [6, 6.07) is 16.8. The van der Waals surface area contributed by atoms with E-state index in [9.17, 15) is 9.59 Å². The summed E-state index contributed by atoms with van der Waals surface area (Å²) in [4.78, 5) is 22.0. The molecule has 0 aliphatic carbocycles. The molecule has 0 heterocycles. The Balaban J connectivity index is 1.86. The van der Waals surface area contributed by atoms with Gasteiger partial charge in [0.2, 0.25) is 0 Å². The second kappa shape index (κ2) is 10.1. The standard InChI is InChI=1S/C26H22O6/c1-31-23-15-22(14-8-18-5-11-20(12-6-18)26(29)30)24(32-2)16-21(23)13-7-17-3-9-19(10-4-17)25(27)28/h3-16H,1-2H3,(H,27,28)(H,29,30). The molecule has 6 nitrogen and oxygen atoms in total. The molecule has 0 aliphatic rings. The van der Waals surface area contributed by atoms with E-state index in [-0.39, 0.29) is 11.1 Å². The number of carboxylic acid groups (broad SMARTS) is 2. The van der Waals surface area contributed by atoms with E-state index in [0.29, 0.717) is 11.5 Å². The lowest BCUT2D eigenvalue weighted by atomic mass is 10.0. The van der Waals surface area contributed by atoms with Gasteiger partial charge in [0.1, 0.15) is 11.5 Å². The van der Waals surface area contributed by atoms with Crippen molar-refractivity contribution < 1.29 is 29.3 Å². The van der Waals surface area contributed by atoms with Crippen molar-refractivity contribution in [2.24, 2.45) is 0 Å². The normalized spacial score (nSPS) is 11.1. The quantitative estimate of drug-likeness (QED) is 0.462. The third kappa shape index (κ3) is 5.43. The molecule has 3 rings (SSSR count). The highest BCUT2D eigenvalue weighted by molar-refractivity contribution is 5.89. The van der Waals surface area contributed by atoms with Crippen LogP contribution in [-0.4, -0.2) is 36.4 Å². The first-order valence-corrected chi connectivity index (χ1v) is 9.70. The highest BCUT2D eigenvalue weighted by Crippen LogP contribution is 2.31. The van der Waals surface area contributed by atoms with Crippen molar-refractivity contribution in [1.29, 1.82) is 0 Å². The monoisotopic (exact) mass is 430 g/mol. The third-order valence-corrected chi connectivity index (χ3v) is 4.81. The fraction of sp³-hybridized carbons (Fsp3) is 0.0769. The molecule has 0 saturated carbocycles.